The van der Waals surface area contributed by atoms with Crippen LogP contribution >= 0.6 is 34.2 Å². The second-order valence-electron chi connectivity index (χ2n) is 1.86. The molecule has 0 saturated heterocycles. The highest BCUT2D eigenvalue weighted by Gasteiger charge is 2.05. The zero-order chi connectivity index (χ0) is 8.43. The highest BCUT2D eigenvalue weighted by atomic mass is 127. The summed E-state index contributed by atoms with van der Waals surface area (Å²) in [6.07, 6.45) is 0. The summed E-state index contributed by atoms with van der Waals surface area (Å²) in [6, 6.07) is 4.47. The van der Waals surface area contributed by atoms with E-state index in [1.54, 1.807) is 22.6 Å². The molecule has 56 valence electrons. The zero-order valence-electron chi connectivity index (χ0n) is 5.24. The fraction of sp³-hybridized carbons (Fsp3) is 0. The Kier molecular flexibility index (Phi) is 2.68. The molecule has 0 aliphatic rings. The summed E-state index contributed by atoms with van der Waals surface area (Å²) in [4.78, 5) is 0. The quantitative estimate of drug-likeness (QED) is 0.530. The Balaban J connectivity index is 3.39. The van der Waals surface area contributed by atoms with Gasteiger partial charge in [0.25, 0.3) is 0 Å². The zero-order valence-corrected chi connectivity index (χ0v) is 8.15. The van der Waals surface area contributed by atoms with Crippen molar-refractivity contribution in [2.24, 2.45) is 0 Å². The standard InChI is InChI=1S/C7H2ClFIN/c8-5-1-4(3-11)7(10)6(9)2-5/h1-2H. The van der Waals surface area contributed by atoms with E-state index in [9.17, 15) is 4.39 Å². The summed E-state index contributed by atoms with van der Waals surface area (Å²) < 4.78 is 13.1. The van der Waals surface area contributed by atoms with Gasteiger partial charge in [-0.25, -0.2) is 4.39 Å². The summed E-state index contributed by atoms with van der Waals surface area (Å²) >= 11 is 7.27. The number of halogens is 3. The average molecular weight is 281 g/mol. The molecule has 0 aliphatic carbocycles. The maximum absolute atomic E-state index is 12.8. The summed E-state index contributed by atoms with van der Waals surface area (Å²) in [5.74, 6) is -0.449. The van der Waals surface area contributed by atoms with Crippen LogP contribution < -0.4 is 0 Å². The van der Waals surface area contributed by atoms with Crippen molar-refractivity contribution < 1.29 is 4.39 Å². The Labute approximate surface area is 81.9 Å². The van der Waals surface area contributed by atoms with E-state index in [1.807, 2.05) is 6.07 Å². The van der Waals surface area contributed by atoms with Crippen LogP contribution in [0.15, 0.2) is 12.1 Å². The van der Waals surface area contributed by atoms with E-state index < -0.39 is 5.82 Å². The third kappa shape index (κ3) is 1.82. The number of hydrogen-bond donors (Lipinski definition) is 0. The van der Waals surface area contributed by atoms with E-state index in [0.717, 1.165) is 0 Å². The van der Waals surface area contributed by atoms with E-state index in [2.05, 4.69) is 0 Å². The van der Waals surface area contributed by atoms with Gasteiger partial charge < -0.3 is 0 Å². The van der Waals surface area contributed by atoms with E-state index in [0.29, 0.717) is 3.57 Å². The lowest BCUT2D eigenvalue weighted by atomic mass is 10.2. The van der Waals surface area contributed by atoms with Gasteiger partial charge in [-0.2, -0.15) is 5.26 Å². The maximum Gasteiger partial charge on any atom is 0.139 e. The SMILES string of the molecule is N#Cc1cc(Cl)cc(F)c1I. The second kappa shape index (κ2) is 3.37. The van der Waals surface area contributed by atoms with Crippen LogP contribution in [0.3, 0.4) is 0 Å². The predicted molar refractivity (Wildman–Crippen MR) is 48.8 cm³/mol. The molecule has 0 aromatic heterocycles. The Hall–Kier alpha value is -0.340. The Morgan fingerprint density at radius 1 is 1.55 bits per heavy atom. The fourth-order valence-corrected chi connectivity index (χ4v) is 1.27. The minimum atomic E-state index is -0.449. The van der Waals surface area contributed by atoms with Crippen LogP contribution in [0.1, 0.15) is 5.56 Å². The number of benzene rings is 1. The lowest BCUT2D eigenvalue weighted by Gasteiger charge is -1.96. The van der Waals surface area contributed by atoms with Gasteiger partial charge in [-0.15, -0.1) is 0 Å². The molecule has 0 spiro atoms. The molecule has 0 N–H and O–H groups in total. The summed E-state index contributed by atoms with van der Waals surface area (Å²) in [7, 11) is 0. The Morgan fingerprint density at radius 2 is 2.18 bits per heavy atom. The van der Waals surface area contributed by atoms with Gasteiger partial charge in [0.05, 0.1) is 9.13 Å². The molecule has 0 bridgehead atoms. The van der Waals surface area contributed by atoms with Gasteiger partial charge in [-0.05, 0) is 34.7 Å². The normalized spacial score (nSPS) is 9.27. The Morgan fingerprint density at radius 3 is 2.73 bits per heavy atom. The monoisotopic (exact) mass is 281 g/mol. The first kappa shape index (κ1) is 8.75. The molecular formula is C7H2ClFIN. The summed E-state index contributed by atoms with van der Waals surface area (Å²) in [5.41, 5.74) is 0.274. The van der Waals surface area contributed by atoms with Crippen LogP contribution in [0, 0.1) is 20.7 Å². The number of nitrogens with zero attached hydrogens (tertiary/aromatic N) is 1. The average Bonchev–Trinajstić information content (AvgIpc) is 1.96. The van der Waals surface area contributed by atoms with Crippen LogP contribution in [0.5, 0.6) is 0 Å². The lowest BCUT2D eigenvalue weighted by Crippen LogP contribution is -1.87. The van der Waals surface area contributed by atoms with Crippen LogP contribution in [-0.2, 0) is 0 Å². The van der Waals surface area contributed by atoms with Gasteiger partial charge in [-0.3, -0.25) is 0 Å². The van der Waals surface area contributed by atoms with Crippen LogP contribution in [0.25, 0.3) is 0 Å². The minimum absolute atomic E-state index is 0.250. The number of rotatable bonds is 0. The van der Waals surface area contributed by atoms with Crippen molar-refractivity contribution in [3.63, 3.8) is 0 Å². The largest absolute Gasteiger partial charge is 0.206 e. The van der Waals surface area contributed by atoms with Gasteiger partial charge in [-0.1, -0.05) is 11.6 Å². The smallest absolute Gasteiger partial charge is 0.139 e. The molecule has 0 heterocycles. The molecule has 0 unspecified atom stereocenters. The van der Waals surface area contributed by atoms with Gasteiger partial charge in [0.1, 0.15) is 11.9 Å². The van der Waals surface area contributed by atoms with Crippen molar-refractivity contribution in [1.82, 2.24) is 0 Å². The Bertz CT molecular complexity index is 332. The lowest BCUT2D eigenvalue weighted by molar-refractivity contribution is 0.620. The first-order valence-electron chi connectivity index (χ1n) is 2.70. The van der Waals surface area contributed by atoms with E-state index >= 15 is 0 Å². The molecule has 0 radical (unpaired) electrons. The first-order chi connectivity index (χ1) is 5.15. The van der Waals surface area contributed by atoms with Gasteiger partial charge in [0.2, 0.25) is 0 Å². The molecule has 4 heteroatoms. The molecule has 1 aromatic carbocycles. The molecule has 1 aromatic rings. The van der Waals surface area contributed by atoms with Crippen molar-refractivity contribution in [1.29, 1.82) is 5.26 Å². The molecule has 0 saturated carbocycles. The van der Waals surface area contributed by atoms with Crippen LogP contribution in [0.4, 0.5) is 4.39 Å². The summed E-state index contributed by atoms with van der Waals surface area (Å²) in [5, 5.41) is 8.74. The van der Waals surface area contributed by atoms with Crippen molar-refractivity contribution in [2.45, 2.75) is 0 Å². The molecule has 0 atom stereocenters. The summed E-state index contributed by atoms with van der Waals surface area (Å²) in [6.45, 7) is 0. The molecule has 0 amide bonds. The fourth-order valence-electron chi connectivity index (χ4n) is 0.637. The molecule has 1 nitrogen and oxygen atoms in total. The number of nitriles is 1. The van der Waals surface area contributed by atoms with E-state index in [-0.39, 0.29) is 10.6 Å². The van der Waals surface area contributed by atoms with Gasteiger partial charge >= 0.3 is 0 Å². The van der Waals surface area contributed by atoms with Gasteiger partial charge in [0.15, 0.2) is 0 Å². The van der Waals surface area contributed by atoms with E-state index in [4.69, 9.17) is 16.9 Å². The second-order valence-corrected chi connectivity index (χ2v) is 3.38. The van der Waals surface area contributed by atoms with Crippen molar-refractivity contribution in [3.05, 3.63) is 32.1 Å². The third-order valence-electron chi connectivity index (χ3n) is 1.11. The van der Waals surface area contributed by atoms with Crippen molar-refractivity contribution >= 4 is 34.2 Å². The van der Waals surface area contributed by atoms with E-state index in [1.165, 1.54) is 12.1 Å². The third-order valence-corrected chi connectivity index (χ3v) is 2.43. The minimum Gasteiger partial charge on any atom is -0.206 e. The predicted octanol–water partition coefficient (Wildman–Crippen LogP) is 2.96. The van der Waals surface area contributed by atoms with Crippen molar-refractivity contribution in [2.75, 3.05) is 0 Å². The highest BCUT2D eigenvalue weighted by molar-refractivity contribution is 14.1. The van der Waals surface area contributed by atoms with Crippen LogP contribution in [0.2, 0.25) is 5.02 Å². The topological polar surface area (TPSA) is 23.8 Å². The molecule has 0 aliphatic heterocycles. The maximum atomic E-state index is 12.8. The van der Waals surface area contributed by atoms with Crippen LogP contribution in [-0.4, -0.2) is 0 Å². The molecule has 0 fully saturated rings. The molecule has 1 rings (SSSR count). The molecule has 11 heavy (non-hydrogen) atoms. The molecular weight excluding hydrogens is 279 g/mol. The first-order valence-corrected chi connectivity index (χ1v) is 4.15. The van der Waals surface area contributed by atoms with Crippen molar-refractivity contribution in [3.8, 4) is 6.07 Å². The van der Waals surface area contributed by atoms with Gasteiger partial charge in [0, 0.05) is 5.02 Å². The highest BCUT2D eigenvalue weighted by Crippen LogP contribution is 2.20. The number of hydrogen-bond acceptors (Lipinski definition) is 1.